The van der Waals surface area contributed by atoms with E-state index in [-0.39, 0.29) is 30.2 Å². The number of thioether (sulfide) groups is 1. The number of amidine groups is 1. The van der Waals surface area contributed by atoms with Gasteiger partial charge in [-0.05, 0) is 30.4 Å². The second kappa shape index (κ2) is 8.44. The molecule has 140 valence electrons. The molecule has 2 aliphatic rings. The fraction of sp³-hybridized carbons (Fsp3) is 0.526. The van der Waals surface area contributed by atoms with Gasteiger partial charge in [-0.1, -0.05) is 62.2 Å². The average molecular weight is 394 g/mol. The third kappa shape index (κ3) is 4.23. The van der Waals surface area contributed by atoms with Crippen LogP contribution in [0.3, 0.4) is 0 Å². The van der Waals surface area contributed by atoms with E-state index in [1.54, 1.807) is 12.1 Å². The molecule has 1 aliphatic heterocycles. The first-order chi connectivity index (χ1) is 12.5. The Morgan fingerprint density at radius 3 is 2.88 bits per heavy atom. The zero-order chi connectivity index (χ0) is 18.7. The summed E-state index contributed by atoms with van der Waals surface area (Å²) in [6.45, 7) is 4.55. The van der Waals surface area contributed by atoms with E-state index in [1.165, 1.54) is 23.1 Å². The van der Waals surface area contributed by atoms with Crippen LogP contribution in [0, 0.1) is 11.8 Å². The van der Waals surface area contributed by atoms with Crippen LogP contribution in [-0.2, 0) is 9.59 Å². The SMILES string of the molecule is C[C@@H]1[C@@H](C)CCC[C@H]1NC(=O)CSC1=NCC(=O)N1c1ccccc1Cl. The smallest absolute Gasteiger partial charge is 0.254 e. The summed E-state index contributed by atoms with van der Waals surface area (Å²) in [6, 6.07) is 7.40. The lowest BCUT2D eigenvalue weighted by atomic mass is 9.78. The van der Waals surface area contributed by atoms with Crippen molar-refractivity contribution in [1.29, 1.82) is 0 Å². The number of nitrogens with zero attached hydrogens (tertiary/aromatic N) is 2. The minimum atomic E-state index is -0.129. The largest absolute Gasteiger partial charge is 0.352 e. The fourth-order valence-corrected chi connectivity index (χ4v) is 4.58. The van der Waals surface area contributed by atoms with Gasteiger partial charge in [-0.15, -0.1) is 0 Å². The van der Waals surface area contributed by atoms with E-state index >= 15 is 0 Å². The predicted molar refractivity (Wildman–Crippen MR) is 108 cm³/mol. The molecule has 0 aromatic heterocycles. The number of aliphatic imine (C=N–C) groups is 1. The van der Waals surface area contributed by atoms with E-state index in [0.29, 0.717) is 27.7 Å². The molecule has 1 N–H and O–H groups in total. The van der Waals surface area contributed by atoms with Gasteiger partial charge in [0.05, 0.1) is 16.5 Å². The Morgan fingerprint density at radius 2 is 2.12 bits per heavy atom. The van der Waals surface area contributed by atoms with Crippen LogP contribution >= 0.6 is 23.4 Å². The lowest BCUT2D eigenvalue weighted by molar-refractivity contribution is -0.120. The minimum Gasteiger partial charge on any atom is -0.352 e. The van der Waals surface area contributed by atoms with Crippen LogP contribution < -0.4 is 10.2 Å². The molecular formula is C19H24ClN3O2S. The van der Waals surface area contributed by atoms with Gasteiger partial charge < -0.3 is 5.32 Å². The molecule has 1 aliphatic carbocycles. The lowest BCUT2D eigenvalue weighted by Crippen LogP contribution is -2.44. The van der Waals surface area contributed by atoms with Crippen LogP contribution in [0.15, 0.2) is 29.3 Å². The first-order valence-electron chi connectivity index (χ1n) is 9.01. The molecule has 5 nitrogen and oxygen atoms in total. The van der Waals surface area contributed by atoms with Gasteiger partial charge in [-0.2, -0.15) is 0 Å². The number of carbonyl (C=O) groups excluding carboxylic acids is 2. The van der Waals surface area contributed by atoms with Crippen molar-refractivity contribution in [2.75, 3.05) is 17.2 Å². The van der Waals surface area contributed by atoms with Gasteiger partial charge in [0.1, 0.15) is 6.54 Å². The maximum atomic E-state index is 12.4. The normalized spacial score (nSPS) is 26.0. The Kier molecular flexibility index (Phi) is 6.24. The quantitative estimate of drug-likeness (QED) is 0.848. The zero-order valence-corrected chi connectivity index (χ0v) is 16.6. The van der Waals surface area contributed by atoms with Crippen molar-refractivity contribution in [2.24, 2.45) is 16.8 Å². The van der Waals surface area contributed by atoms with Gasteiger partial charge in [0.25, 0.3) is 5.91 Å². The molecule has 0 bridgehead atoms. The molecule has 1 fully saturated rings. The van der Waals surface area contributed by atoms with Crippen LogP contribution in [0.1, 0.15) is 33.1 Å². The summed E-state index contributed by atoms with van der Waals surface area (Å²) < 4.78 is 0. The monoisotopic (exact) mass is 393 g/mol. The lowest BCUT2D eigenvalue weighted by Gasteiger charge is -2.34. The molecule has 0 unspecified atom stereocenters. The van der Waals surface area contributed by atoms with E-state index in [4.69, 9.17) is 11.6 Å². The maximum Gasteiger partial charge on any atom is 0.254 e. The highest BCUT2D eigenvalue weighted by molar-refractivity contribution is 8.14. The molecule has 1 saturated carbocycles. The summed E-state index contributed by atoms with van der Waals surface area (Å²) in [5, 5.41) is 4.18. The number of carbonyl (C=O) groups is 2. The summed E-state index contributed by atoms with van der Waals surface area (Å²) in [7, 11) is 0. The average Bonchev–Trinajstić information content (AvgIpc) is 2.98. The van der Waals surface area contributed by atoms with Crippen molar-refractivity contribution >= 4 is 46.0 Å². The van der Waals surface area contributed by atoms with Gasteiger partial charge in [0, 0.05) is 6.04 Å². The molecule has 7 heteroatoms. The summed E-state index contributed by atoms with van der Waals surface area (Å²) in [4.78, 5) is 30.4. The molecule has 1 aromatic rings. The third-order valence-corrected chi connectivity index (χ3v) is 6.57. The molecular weight excluding hydrogens is 370 g/mol. The molecule has 1 heterocycles. The van der Waals surface area contributed by atoms with Crippen LogP contribution in [0.2, 0.25) is 5.02 Å². The molecule has 0 spiro atoms. The van der Waals surface area contributed by atoms with Crippen molar-refractivity contribution in [3.8, 4) is 0 Å². The van der Waals surface area contributed by atoms with E-state index in [2.05, 4.69) is 24.2 Å². The van der Waals surface area contributed by atoms with Crippen molar-refractivity contribution in [3.63, 3.8) is 0 Å². The first-order valence-corrected chi connectivity index (χ1v) is 10.4. The van der Waals surface area contributed by atoms with E-state index in [1.807, 2.05) is 12.1 Å². The third-order valence-electron chi connectivity index (χ3n) is 5.27. The Balaban J connectivity index is 1.59. The number of anilines is 1. The highest BCUT2D eigenvalue weighted by Crippen LogP contribution is 2.31. The number of hydrogen-bond acceptors (Lipinski definition) is 4. The van der Waals surface area contributed by atoms with Crippen LogP contribution in [0.5, 0.6) is 0 Å². The molecule has 26 heavy (non-hydrogen) atoms. The number of para-hydroxylation sites is 1. The van der Waals surface area contributed by atoms with Crippen LogP contribution in [0.4, 0.5) is 5.69 Å². The Hall–Kier alpha value is -1.53. The molecule has 2 amide bonds. The second-order valence-corrected chi connectivity index (χ2v) is 8.36. The highest BCUT2D eigenvalue weighted by atomic mass is 35.5. The van der Waals surface area contributed by atoms with Crippen molar-refractivity contribution in [1.82, 2.24) is 5.32 Å². The number of benzene rings is 1. The summed E-state index contributed by atoms with van der Waals surface area (Å²) in [5.74, 6) is 1.22. The number of hydrogen-bond donors (Lipinski definition) is 1. The Labute approximate surface area is 163 Å². The van der Waals surface area contributed by atoms with E-state index in [9.17, 15) is 9.59 Å². The minimum absolute atomic E-state index is 0.0119. The van der Waals surface area contributed by atoms with Crippen molar-refractivity contribution in [2.45, 2.75) is 39.2 Å². The first kappa shape index (κ1) is 19.2. The second-order valence-electron chi connectivity index (χ2n) is 7.01. The molecule has 1 aromatic carbocycles. The van der Waals surface area contributed by atoms with Crippen LogP contribution in [0.25, 0.3) is 0 Å². The standard InChI is InChI=1S/C19H24ClN3O2S/c1-12-6-5-8-15(13(12)2)22-17(24)11-26-19-21-10-18(25)23(19)16-9-4-3-7-14(16)20/h3-4,7,9,12-13,15H,5-6,8,10-11H2,1-2H3,(H,22,24)/t12-,13+,15+/m0/s1. The predicted octanol–water partition coefficient (Wildman–Crippen LogP) is 3.72. The van der Waals surface area contributed by atoms with Gasteiger partial charge in [-0.3, -0.25) is 19.5 Å². The van der Waals surface area contributed by atoms with E-state index < -0.39 is 0 Å². The fourth-order valence-electron chi connectivity index (χ4n) is 3.53. The maximum absolute atomic E-state index is 12.4. The van der Waals surface area contributed by atoms with E-state index in [0.717, 1.165) is 12.8 Å². The van der Waals surface area contributed by atoms with Gasteiger partial charge >= 0.3 is 0 Å². The van der Waals surface area contributed by atoms with Crippen LogP contribution in [-0.4, -0.2) is 35.3 Å². The van der Waals surface area contributed by atoms with Gasteiger partial charge in [-0.25, -0.2) is 0 Å². The summed E-state index contributed by atoms with van der Waals surface area (Å²) >= 11 is 7.50. The summed E-state index contributed by atoms with van der Waals surface area (Å²) in [6.07, 6.45) is 3.42. The van der Waals surface area contributed by atoms with Crippen molar-refractivity contribution in [3.05, 3.63) is 29.3 Å². The molecule has 3 atom stereocenters. The van der Waals surface area contributed by atoms with Gasteiger partial charge in [0.15, 0.2) is 5.17 Å². The van der Waals surface area contributed by atoms with Crippen molar-refractivity contribution < 1.29 is 9.59 Å². The molecule has 3 rings (SSSR count). The molecule has 0 radical (unpaired) electrons. The number of halogens is 1. The Morgan fingerprint density at radius 1 is 1.35 bits per heavy atom. The number of rotatable bonds is 4. The topological polar surface area (TPSA) is 61.8 Å². The highest BCUT2D eigenvalue weighted by Gasteiger charge is 2.31. The molecule has 0 saturated heterocycles. The van der Waals surface area contributed by atoms with Gasteiger partial charge in [0.2, 0.25) is 5.91 Å². The Bertz CT molecular complexity index is 724. The summed E-state index contributed by atoms with van der Waals surface area (Å²) in [5.41, 5.74) is 0.609. The number of amides is 2. The number of nitrogens with one attached hydrogen (secondary N) is 1. The zero-order valence-electron chi connectivity index (χ0n) is 15.1.